The van der Waals surface area contributed by atoms with Gasteiger partial charge in [-0.25, -0.2) is 13.8 Å². The predicted octanol–water partition coefficient (Wildman–Crippen LogP) is 1.02. The molecule has 1 aromatic rings. The zero-order valence-corrected chi connectivity index (χ0v) is 10.5. The minimum absolute atomic E-state index is 0.116. The quantitative estimate of drug-likeness (QED) is 0.871. The third-order valence-electron chi connectivity index (χ3n) is 3.12. The molecule has 1 fully saturated rings. The molecular formula is C12H18F2N4. The van der Waals surface area contributed by atoms with Crippen LogP contribution >= 0.6 is 0 Å². The molecule has 0 unspecified atom stereocenters. The van der Waals surface area contributed by atoms with Crippen molar-refractivity contribution in [3.05, 3.63) is 23.9 Å². The van der Waals surface area contributed by atoms with Gasteiger partial charge in [0.25, 0.3) is 0 Å². The van der Waals surface area contributed by atoms with E-state index in [-0.39, 0.29) is 5.82 Å². The van der Waals surface area contributed by atoms with E-state index >= 15 is 0 Å². The third-order valence-corrected chi connectivity index (χ3v) is 3.12. The topological polar surface area (TPSA) is 31.4 Å². The van der Waals surface area contributed by atoms with E-state index in [1.54, 1.807) is 0 Å². The van der Waals surface area contributed by atoms with Gasteiger partial charge in [-0.3, -0.25) is 4.90 Å². The fourth-order valence-corrected chi connectivity index (χ4v) is 1.95. The summed E-state index contributed by atoms with van der Waals surface area (Å²) in [6, 6.07) is 0.838. The number of aromatic nitrogens is 1. The fourth-order valence-electron chi connectivity index (χ4n) is 1.95. The Morgan fingerprint density at radius 2 is 2.00 bits per heavy atom. The first-order valence-corrected chi connectivity index (χ1v) is 6.11. The van der Waals surface area contributed by atoms with E-state index in [1.807, 2.05) is 0 Å². The first-order valence-electron chi connectivity index (χ1n) is 6.11. The van der Waals surface area contributed by atoms with Crippen LogP contribution in [0.15, 0.2) is 12.3 Å². The van der Waals surface area contributed by atoms with E-state index in [4.69, 9.17) is 0 Å². The van der Waals surface area contributed by atoms with Gasteiger partial charge < -0.3 is 10.2 Å². The summed E-state index contributed by atoms with van der Waals surface area (Å²) in [6.45, 7) is 5.62. The molecular weight excluding hydrogens is 238 g/mol. The van der Waals surface area contributed by atoms with Gasteiger partial charge in [-0.15, -0.1) is 0 Å². The maximum atomic E-state index is 13.3. The minimum Gasteiger partial charge on any atom is -0.366 e. The molecule has 0 atom stereocenters. The Kier molecular flexibility index (Phi) is 4.43. The maximum absolute atomic E-state index is 13.3. The molecule has 2 rings (SSSR count). The van der Waals surface area contributed by atoms with Crippen molar-refractivity contribution < 1.29 is 8.78 Å². The van der Waals surface area contributed by atoms with Crippen molar-refractivity contribution in [3.63, 3.8) is 0 Å². The third kappa shape index (κ3) is 3.61. The summed E-state index contributed by atoms with van der Waals surface area (Å²) in [7, 11) is 2.10. The molecule has 1 aliphatic heterocycles. The van der Waals surface area contributed by atoms with Crippen molar-refractivity contribution in [2.45, 2.75) is 0 Å². The van der Waals surface area contributed by atoms with Gasteiger partial charge in [0.1, 0.15) is 5.82 Å². The lowest BCUT2D eigenvalue weighted by Crippen LogP contribution is -2.45. The van der Waals surface area contributed by atoms with Crippen molar-refractivity contribution in [3.8, 4) is 0 Å². The molecule has 100 valence electrons. The second-order valence-electron chi connectivity index (χ2n) is 4.56. The van der Waals surface area contributed by atoms with Gasteiger partial charge in [-0.2, -0.15) is 0 Å². The number of halogens is 2. The largest absolute Gasteiger partial charge is 0.366 e. The van der Waals surface area contributed by atoms with Crippen LogP contribution in [0.25, 0.3) is 0 Å². The standard InChI is InChI=1S/C12H18F2N4/c1-17-4-6-18(7-5-17)3-2-15-12-11(14)8-10(13)9-16-12/h8-9H,2-7H2,1H3,(H,15,16). The molecule has 1 aliphatic rings. The molecule has 0 saturated carbocycles. The number of hydrogen-bond acceptors (Lipinski definition) is 4. The summed E-state index contributed by atoms with van der Waals surface area (Å²) in [5, 5.41) is 2.89. The van der Waals surface area contributed by atoms with Gasteiger partial charge in [0.05, 0.1) is 6.20 Å². The summed E-state index contributed by atoms with van der Waals surface area (Å²) in [5.41, 5.74) is 0. The molecule has 0 spiro atoms. The average Bonchev–Trinajstić information content (AvgIpc) is 2.34. The van der Waals surface area contributed by atoms with Gasteiger partial charge in [0, 0.05) is 45.3 Å². The van der Waals surface area contributed by atoms with Gasteiger partial charge >= 0.3 is 0 Å². The van der Waals surface area contributed by atoms with Crippen molar-refractivity contribution in [2.24, 2.45) is 0 Å². The van der Waals surface area contributed by atoms with E-state index in [0.29, 0.717) is 6.54 Å². The summed E-state index contributed by atoms with van der Waals surface area (Å²) in [5.74, 6) is -1.18. The second-order valence-corrected chi connectivity index (χ2v) is 4.56. The van der Waals surface area contributed by atoms with E-state index in [1.165, 1.54) is 0 Å². The Labute approximate surface area is 106 Å². The highest BCUT2D eigenvalue weighted by molar-refractivity contribution is 5.35. The number of anilines is 1. The summed E-state index contributed by atoms with van der Waals surface area (Å²) < 4.78 is 25.9. The van der Waals surface area contributed by atoms with Crippen LogP contribution in [-0.4, -0.2) is 61.1 Å². The van der Waals surface area contributed by atoms with Crippen molar-refractivity contribution in [1.29, 1.82) is 0 Å². The number of pyridine rings is 1. The average molecular weight is 256 g/mol. The van der Waals surface area contributed by atoms with Gasteiger partial charge in [-0.1, -0.05) is 0 Å². The zero-order chi connectivity index (χ0) is 13.0. The molecule has 1 saturated heterocycles. The zero-order valence-electron chi connectivity index (χ0n) is 10.5. The van der Waals surface area contributed by atoms with Crippen LogP contribution in [0.2, 0.25) is 0 Å². The van der Waals surface area contributed by atoms with Crippen molar-refractivity contribution >= 4 is 5.82 Å². The van der Waals surface area contributed by atoms with Gasteiger partial charge in [-0.05, 0) is 7.05 Å². The number of nitrogens with zero attached hydrogens (tertiary/aromatic N) is 3. The Bertz CT molecular complexity index is 392. The van der Waals surface area contributed by atoms with Crippen LogP contribution in [0, 0.1) is 11.6 Å². The lowest BCUT2D eigenvalue weighted by atomic mass is 10.3. The molecule has 4 nitrogen and oxygen atoms in total. The van der Waals surface area contributed by atoms with Crippen LogP contribution in [-0.2, 0) is 0 Å². The van der Waals surface area contributed by atoms with Gasteiger partial charge in [0.2, 0.25) is 0 Å². The molecule has 1 aromatic heterocycles. The first kappa shape index (κ1) is 13.2. The number of rotatable bonds is 4. The molecule has 0 amide bonds. The predicted molar refractivity (Wildman–Crippen MR) is 66.6 cm³/mol. The van der Waals surface area contributed by atoms with Crippen LogP contribution in [0.3, 0.4) is 0 Å². The summed E-state index contributed by atoms with van der Waals surface area (Å²) in [4.78, 5) is 8.28. The fraction of sp³-hybridized carbons (Fsp3) is 0.583. The lowest BCUT2D eigenvalue weighted by molar-refractivity contribution is 0.158. The lowest BCUT2D eigenvalue weighted by Gasteiger charge is -2.32. The Morgan fingerprint density at radius 3 is 2.67 bits per heavy atom. The Morgan fingerprint density at radius 1 is 1.28 bits per heavy atom. The van der Waals surface area contributed by atoms with Crippen LogP contribution in [0.4, 0.5) is 14.6 Å². The highest BCUT2D eigenvalue weighted by Gasteiger charge is 2.13. The second kappa shape index (κ2) is 6.06. The highest BCUT2D eigenvalue weighted by atomic mass is 19.1. The minimum atomic E-state index is -0.655. The van der Waals surface area contributed by atoms with Crippen LogP contribution in [0.5, 0.6) is 0 Å². The smallest absolute Gasteiger partial charge is 0.168 e. The van der Waals surface area contributed by atoms with Crippen molar-refractivity contribution in [1.82, 2.24) is 14.8 Å². The monoisotopic (exact) mass is 256 g/mol. The Hall–Kier alpha value is -1.27. The number of hydrogen-bond donors (Lipinski definition) is 1. The van der Waals surface area contributed by atoms with Crippen LogP contribution < -0.4 is 5.32 Å². The van der Waals surface area contributed by atoms with Gasteiger partial charge in [0.15, 0.2) is 11.6 Å². The Balaban J connectivity index is 1.75. The van der Waals surface area contributed by atoms with Crippen LogP contribution in [0.1, 0.15) is 0 Å². The van der Waals surface area contributed by atoms with E-state index in [2.05, 4.69) is 27.1 Å². The highest BCUT2D eigenvalue weighted by Crippen LogP contribution is 2.10. The van der Waals surface area contributed by atoms with E-state index in [0.717, 1.165) is 45.0 Å². The SMILES string of the molecule is CN1CCN(CCNc2ncc(F)cc2F)CC1. The number of piperazine rings is 1. The van der Waals surface area contributed by atoms with E-state index < -0.39 is 11.6 Å². The number of likely N-dealkylation sites (N-methyl/N-ethyl adjacent to an activating group) is 1. The van der Waals surface area contributed by atoms with Crippen molar-refractivity contribution in [2.75, 3.05) is 51.6 Å². The molecule has 2 heterocycles. The maximum Gasteiger partial charge on any atom is 0.168 e. The molecule has 0 aliphatic carbocycles. The molecule has 18 heavy (non-hydrogen) atoms. The summed E-state index contributed by atoms with van der Waals surface area (Å²) in [6.07, 6.45) is 1.02. The summed E-state index contributed by atoms with van der Waals surface area (Å²) >= 11 is 0. The molecule has 6 heteroatoms. The molecule has 0 bridgehead atoms. The molecule has 1 N–H and O–H groups in total. The first-order chi connectivity index (χ1) is 8.65. The molecule has 0 aromatic carbocycles. The van der Waals surface area contributed by atoms with E-state index in [9.17, 15) is 8.78 Å². The normalized spacial score (nSPS) is 17.9. The molecule has 0 radical (unpaired) electrons. The number of nitrogens with one attached hydrogen (secondary N) is 1.